The predicted octanol–water partition coefficient (Wildman–Crippen LogP) is 3.20. The fraction of sp³-hybridized carbons (Fsp3) is 0.214. The highest BCUT2D eigenvalue weighted by Gasteiger charge is 2.10. The molecule has 1 aromatic heterocycles. The van der Waals surface area contributed by atoms with Gasteiger partial charge in [0.15, 0.2) is 0 Å². The van der Waals surface area contributed by atoms with Gasteiger partial charge in [0, 0.05) is 12.2 Å². The first-order chi connectivity index (χ1) is 10.5. The number of anilines is 1. The van der Waals surface area contributed by atoms with Gasteiger partial charge < -0.3 is 20.5 Å². The number of nitrogens with one attached hydrogen (secondary N) is 2. The molecule has 22 heavy (non-hydrogen) atoms. The lowest BCUT2D eigenvalue weighted by atomic mass is 10.2. The van der Waals surface area contributed by atoms with Gasteiger partial charge in [0.25, 0.3) is 0 Å². The molecule has 3 N–H and O–H groups in total. The number of alkyl halides is 2. The lowest BCUT2D eigenvalue weighted by molar-refractivity contribution is -0.0498. The summed E-state index contributed by atoms with van der Waals surface area (Å²) in [6, 6.07) is 6.79. The van der Waals surface area contributed by atoms with Crippen LogP contribution < -0.4 is 15.4 Å². The molecule has 118 valence electrons. The van der Waals surface area contributed by atoms with E-state index in [1.165, 1.54) is 35.6 Å². The van der Waals surface area contributed by atoms with Crippen molar-refractivity contribution in [1.29, 1.82) is 0 Å². The highest BCUT2D eigenvalue weighted by molar-refractivity contribution is 7.07. The van der Waals surface area contributed by atoms with Gasteiger partial charge in [-0.25, -0.2) is 4.79 Å². The van der Waals surface area contributed by atoms with E-state index in [-0.39, 0.29) is 12.3 Å². The van der Waals surface area contributed by atoms with Gasteiger partial charge in [-0.2, -0.15) is 20.1 Å². The molecule has 0 saturated carbocycles. The first-order valence-corrected chi connectivity index (χ1v) is 7.29. The second-order valence-corrected chi connectivity index (χ2v) is 5.09. The van der Waals surface area contributed by atoms with Crippen LogP contribution in [0.3, 0.4) is 0 Å². The van der Waals surface area contributed by atoms with Crippen LogP contribution in [-0.2, 0) is 0 Å². The third-order valence-corrected chi connectivity index (χ3v) is 3.42. The first-order valence-electron chi connectivity index (χ1n) is 6.34. The summed E-state index contributed by atoms with van der Waals surface area (Å²) in [5.74, 6) is 0.00818. The molecule has 0 radical (unpaired) electrons. The number of amides is 2. The summed E-state index contributed by atoms with van der Waals surface area (Å²) in [6.07, 6.45) is -0.779. The van der Waals surface area contributed by atoms with Crippen molar-refractivity contribution in [1.82, 2.24) is 5.32 Å². The van der Waals surface area contributed by atoms with Gasteiger partial charge in [-0.1, -0.05) is 0 Å². The summed E-state index contributed by atoms with van der Waals surface area (Å²) in [4.78, 5) is 11.7. The smallest absolute Gasteiger partial charge is 0.387 e. The van der Waals surface area contributed by atoms with Crippen LogP contribution in [0.15, 0.2) is 41.1 Å². The molecule has 2 rings (SSSR count). The number of carbonyl (C=O) groups excluding carboxylic acids is 1. The summed E-state index contributed by atoms with van der Waals surface area (Å²) in [5, 5.41) is 18.5. The van der Waals surface area contributed by atoms with Crippen molar-refractivity contribution in [2.24, 2.45) is 0 Å². The van der Waals surface area contributed by atoms with E-state index in [4.69, 9.17) is 0 Å². The van der Waals surface area contributed by atoms with Crippen LogP contribution in [0.5, 0.6) is 5.75 Å². The second-order valence-electron chi connectivity index (χ2n) is 4.31. The van der Waals surface area contributed by atoms with E-state index in [0.717, 1.165) is 5.56 Å². The average molecular weight is 328 g/mol. The first kappa shape index (κ1) is 16.2. The molecule has 1 atom stereocenters. The van der Waals surface area contributed by atoms with Crippen molar-refractivity contribution >= 4 is 23.1 Å². The third-order valence-electron chi connectivity index (χ3n) is 2.72. The number of rotatable bonds is 6. The standard InChI is InChI=1S/C14H14F2N2O3S/c15-13(16)21-11-3-1-10(2-4-11)18-14(20)17-7-12(19)9-5-6-22-8-9/h1-6,8,12-13,19H,7H2,(H2,17,18,20)/t12-/m0/s1. The molecule has 5 nitrogen and oxygen atoms in total. The normalized spacial score (nSPS) is 12.0. The van der Waals surface area contributed by atoms with Gasteiger partial charge >= 0.3 is 12.6 Å². The molecular weight excluding hydrogens is 314 g/mol. The Balaban J connectivity index is 1.79. The number of thiophene rings is 1. The summed E-state index contributed by atoms with van der Waals surface area (Å²) in [6.45, 7) is -2.82. The summed E-state index contributed by atoms with van der Waals surface area (Å²) >= 11 is 1.46. The van der Waals surface area contributed by atoms with Crippen molar-refractivity contribution in [3.05, 3.63) is 46.7 Å². The number of hydrogen-bond donors (Lipinski definition) is 3. The monoisotopic (exact) mass is 328 g/mol. The largest absolute Gasteiger partial charge is 0.435 e. The van der Waals surface area contributed by atoms with E-state index in [1.54, 1.807) is 11.4 Å². The second kappa shape index (κ2) is 7.71. The van der Waals surface area contributed by atoms with Crippen molar-refractivity contribution in [3.63, 3.8) is 0 Å². The Labute approximate surface area is 129 Å². The molecule has 8 heteroatoms. The van der Waals surface area contributed by atoms with E-state index in [2.05, 4.69) is 15.4 Å². The van der Waals surface area contributed by atoms with E-state index in [0.29, 0.717) is 5.69 Å². The predicted molar refractivity (Wildman–Crippen MR) is 79.4 cm³/mol. The Hall–Kier alpha value is -2.19. The molecule has 1 heterocycles. The number of aliphatic hydroxyl groups excluding tert-OH is 1. The van der Waals surface area contributed by atoms with Crippen LogP contribution in [-0.4, -0.2) is 24.3 Å². The third kappa shape index (κ3) is 4.97. The fourth-order valence-corrected chi connectivity index (χ4v) is 2.37. The highest BCUT2D eigenvalue weighted by Crippen LogP contribution is 2.18. The molecule has 1 aromatic carbocycles. The van der Waals surface area contributed by atoms with Crippen molar-refractivity contribution in [2.75, 3.05) is 11.9 Å². The van der Waals surface area contributed by atoms with Crippen LogP contribution in [0.1, 0.15) is 11.7 Å². The maximum absolute atomic E-state index is 12.0. The number of benzene rings is 1. The summed E-state index contributed by atoms with van der Waals surface area (Å²) in [5.41, 5.74) is 1.16. The minimum absolute atomic E-state index is 0.00818. The van der Waals surface area contributed by atoms with Crippen LogP contribution in [0.25, 0.3) is 0 Å². The number of halogens is 2. The van der Waals surface area contributed by atoms with Crippen molar-refractivity contribution in [2.45, 2.75) is 12.7 Å². The molecule has 0 spiro atoms. The molecule has 0 fully saturated rings. The summed E-state index contributed by atoms with van der Waals surface area (Å²) < 4.78 is 28.2. The minimum Gasteiger partial charge on any atom is -0.435 e. The molecular formula is C14H14F2N2O3S. The topological polar surface area (TPSA) is 70.6 Å². The lowest BCUT2D eigenvalue weighted by Crippen LogP contribution is -2.32. The zero-order valence-electron chi connectivity index (χ0n) is 11.3. The van der Waals surface area contributed by atoms with E-state index < -0.39 is 18.7 Å². The number of ether oxygens (including phenoxy) is 1. The molecule has 0 aliphatic carbocycles. The van der Waals surface area contributed by atoms with Gasteiger partial charge in [0.05, 0.1) is 6.10 Å². The minimum atomic E-state index is -2.89. The number of hydrogen-bond acceptors (Lipinski definition) is 4. The van der Waals surface area contributed by atoms with E-state index >= 15 is 0 Å². The number of urea groups is 1. The van der Waals surface area contributed by atoms with Crippen molar-refractivity contribution in [3.8, 4) is 5.75 Å². The summed E-state index contributed by atoms with van der Waals surface area (Å²) in [7, 11) is 0. The Kier molecular flexibility index (Phi) is 5.68. The van der Waals surface area contributed by atoms with Gasteiger partial charge in [-0.3, -0.25) is 0 Å². The maximum atomic E-state index is 12.0. The number of carbonyl (C=O) groups is 1. The van der Waals surface area contributed by atoms with Gasteiger partial charge in [0.1, 0.15) is 5.75 Å². The molecule has 2 amide bonds. The molecule has 2 aromatic rings. The van der Waals surface area contributed by atoms with Gasteiger partial charge in [-0.15, -0.1) is 0 Å². The van der Waals surface area contributed by atoms with Gasteiger partial charge in [0.2, 0.25) is 0 Å². The maximum Gasteiger partial charge on any atom is 0.387 e. The van der Waals surface area contributed by atoms with Gasteiger partial charge in [-0.05, 0) is 46.7 Å². The molecule has 0 bridgehead atoms. The Bertz CT molecular complexity index is 591. The van der Waals surface area contributed by atoms with Crippen LogP contribution in [0, 0.1) is 0 Å². The highest BCUT2D eigenvalue weighted by atomic mass is 32.1. The van der Waals surface area contributed by atoms with E-state index in [9.17, 15) is 18.7 Å². The molecule has 0 unspecified atom stereocenters. The Morgan fingerprint density at radius 3 is 2.59 bits per heavy atom. The lowest BCUT2D eigenvalue weighted by Gasteiger charge is -2.12. The molecule has 0 aliphatic rings. The quantitative estimate of drug-likeness (QED) is 0.762. The van der Waals surface area contributed by atoms with E-state index in [1.807, 2.05) is 5.38 Å². The fourth-order valence-electron chi connectivity index (χ4n) is 1.67. The van der Waals surface area contributed by atoms with Crippen molar-refractivity contribution < 1.29 is 23.4 Å². The Morgan fingerprint density at radius 2 is 2.00 bits per heavy atom. The molecule has 0 aliphatic heterocycles. The van der Waals surface area contributed by atoms with Crippen LogP contribution in [0.2, 0.25) is 0 Å². The SMILES string of the molecule is O=C(NC[C@H](O)c1ccsc1)Nc1ccc(OC(F)F)cc1. The molecule has 0 saturated heterocycles. The zero-order valence-corrected chi connectivity index (χ0v) is 12.1. The Morgan fingerprint density at radius 1 is 1.27 bits per heavy atom. The average Bonchev–Trinajstić information content (AvgIpc) is 3.00. The number of aliphatic hydroxyl groups is 1. The zero-order chi connectivity index (χ0) is 15.9. The van der Waals surface area contributed by atoms with Crippen LogP contribution >= 0.6 is 11.3 Å². The van der Waals surface area contributed by atoms with Crippen LogP contribution in [0.4, 0.5) is 19.3 Å².